The molecule has 2 atom stereocenters. The van der Waals surface area contributed by atoms with Gasteiger partial charge in [-0.15, -0.1) is 0 Å². The van der Waals surface area contributed by atoms with Crippen LogP contribution in [0.2, 0.25) is 0 Å². The SMILES string of the molecule is O=C1CN(C2CC3CC3C2)C(=O)CN1. The van der Waals surface area contributed by atoms with E-state index in [-0.39, 0.29) is 24.9 Å². The number of fused-ring (bicyclic) bond motifs is 1. The number of nitrogens with zero attached hydrogens (tertiary/aromatic N) is 1. The molecule has 0 radical (unpaired) electrons. The monoisotopic (exact) mass is 194 g/mol. The highest BCUT2D eigenvalue weighted by molar-refractivity contribution is 5.92. The average molecular weight is 194 g/mol. The van der Waals surface area contributed by atoms with E-state index in [1.807, 2.05) is 0 Å². The molecular weight excluding hydrogens is 180 g/mol. The van der Waals surface area contributed by atoms with Gasteiger partial charge in [0.1, 0.15) is 0 Å². The van der Waals surface area contributed by atoms with Crippen molar-refractivity contribution in [2.45, 2.75) is 25.3 Å². The molecule has 3 fully saturated rings. The van der Waals surface area contributed by atoms with Crippen molar-refractivity contribution in [2.75, 3.05) is 13.1 Å². The van der Waals surface area contributed by atoms with Crippen LogP contribution >= 0.6 is 0 Å². The molecule has 14 heavy (non-hydrogen) atoms. The van der Waals surface area contributed by atoms with Crippen LogP contribution in [0, 0.1) is 11.8 Å². The number of nitrogens with one attached hydrogen (secondary N) is 1. The van der Waals surface area contributed by atoms with Crippen LogP contribution in [0.3, 0.4) is 0 Å². The number of carbonyl (C=O) groups excluding carboxylic acids is 2. The van der Waals surface area contributed by atoms with Gasteiger partial charge < -0.3 is 10.2 Å². The van der Waals surface area contributed by atoms with Crippen molar-refractivity contribution in [3.8, 4) is 0 Å². The summed E-state index contributed by atoms with van der Waals surface area (Å²) in [5.74, 6) is 1.80. The van der Waals surface area contributed by atoms with Gasteiger partial charge in [0.25, 0.3) is 0 Å². The fraction of sp³-hybridized carbons (Fsp3) is 0.800. The van der Waals surface area contributed by atoms with E-state index in [4.69, 9.17) is 0 Å². The van der Waals surface area contributed by atoms with Crippen molar-refractivity contribution in [2.24, 2.45) is 11.8 Å². The van der Waals surface area contributed by atoms with Crippen LogP contribution < -0.4 is 5.32 Å². The van der Waals surface area contributed by atoms with E-state index < -0.39 is 0 Å². The number of piperazine rings is 1. The molecule has 3 rings (SSSR count). The summed E-state index contributed by atoms with van der Waals surface area (Å²) in [6.07, 6.45) is 3.61. The first-order valence-corrected chi connectivity index (χ1v) is 5.30. The molecule has 1 N–H and O–H groups in total. The lowest BCUT2D eigenvalue weighted by Gasteiger charge is -2.32. The normalized spacial score (nSPS) is 40.9. The van der Waals surface area contributed by atoms with E-state index in [2.05, 4.69) is 5.32 Å². The molecule has 2 unspecified atom stereocenters. The van der Waals surface area contributed by atoms with Crippen molar-refractivity contribution in [3.05, 3.63) is 0 Å². The van der Waals surface area contributed by atoms with Crippen LogP contribution in [0.1, 0.15) is 19.3 Å². The number of hydrogen-bond acceptors (Lipinski definition) is 2. The van der Waals surface area contributed by atoms with Crippen LogP contribution in [-0.2, 0) is 9.59 Å². The first kappa shape index (κ1) is 8.26. The molecule has 4 nitrogen and oxygen atoms in total. The van der Waals surface area contributed by atoms with E-state index in [1.54, 1.807) is 4.90 Å². The molecule has 0 aromatic carbocycles. The second-order valence-corrected chi connectivity index (χ2v) is 4.68. The molecular formula is C10H14N2O2. The predicted molar refractivity (Wildman–Crippen MR) is 49.3 cm³/mol. The molecule has 3 aliphatic rings. The van der Waals surface area contributed by atoms with Crippen LogP contribution in [-0.4, -0.2) is 35.8 Å². The lowest BCUT2D eigenvalue weighted by atomic mass is 10.1. The zero-order valence-electron chi connectivity index (χ0n) is 8.03. The highest BCUT2D eigenvalue weighted by Gasteiger charge is 2.48. The fourth-order valence-corrected chi connectivity index (χ4v) is 2.84. The molecule has 0 bridgehead atoms. The van der Waals surface area contributed by atoms with Crippen molar-refractivity contribution >= 4 is 11.8 Å². The van der Waals surface area contributed by atoms with E-state index in [0.29, 0.717) is 6.04 Å². The highest BCUT2D eigenvalue weighted by atomic mass is 16.2. The van der Waals surface area contributed by atoms with Gasteiger partial charge in [-0.2, -0.15) is 0 Å². The third-order valence-electron chi connectivity index (χ3n) is 3.73. The maximum absolute atomic E-state index is 11.6. The fourth-order valence-electron chi connectivity index (χ4n) is 2.84. The Morgan fingerprint density at radius 3 is 2.57 bits per heavy atom. The molecule has 0 spiro atoms. The second kappa shape index (κ2) is 2.72. The van der Waals surface area contributed by atoms with Gasteiger partial charge in [0.15, 0.2) is 0 Å². The first-order chi connectivity index (χ1) is 6.74. The molecule has 1 saturated heterocycles. The van der Waals surface area contributed by atoms with Gasteiger partial charge in [-0.3, -0.25) is 9.59 Å². The summed E-state index contributed by atoms with van der Waals surface area (Å²) in [6.45, 7) is 0.480. The summed E-state index contributed by atoms with van der Waals surface area (Å²) in [5, 5.41) is 2.58. The third kappa shape index (κ3) is 1.21. The average Bonchev–Trinajstić information content (AvgIpc) is 2.78. The Balaban J connectivity index is 1.70. The molecule has 4 heteroatoms. The lowest BCUT2D eigenvalue weighted by Crippen LogP contribution is -2.54. The Kier molecular flexibility index (Phi) is 1.60. The van der Waals surface area contributed by atoms with Gasteiger partial charge in [0, 0.05) is 6.04 Å². The molecule has 76 valence electrons. The van der Waals surface area contributed by atoms with Gasteiger partial charge >= 0.3 is 0 Å². The topological polar surface area (TPSA) is 49.4 Å². The van der Waals surface area contributed by atoms with E-state index in [9.17, 15) is 9.59 Å². The minimum absolute atomic E-state index is 0.00910. The molecule has 0 aromatic heterocycles. The van der Waals surface area contributed by atoms with E-state index in [1.165, 1.54) is 6.42 Å². The highest BCUT2D eigenvalue weighted by Crippen LogP contribution is 2.53. The Morgan fingerprint density at radius 1 is 1.14 bits per heavy atom. The number of rotatable bonds is 1. The molecule has 2 saturated carbocycles. The lowest BCUT2D eigenvalue weighted by molar-refractivity contribution is -0.142. The maximum atomic E-state index is 11.6. The molecule has 2 aliphatic carbocycles. The van der Waals surface area contributed by atoms with Gasteiger partial charge in [-0.1, -0.05) is 0 Å². The largest absolute Gasteiger partial charge is 0.345 e. The van der Waals surface area contributed by atoms with Crippen LogP contribution in [0.15, 0.2) is 0 Å². The quantitative estimate of drug-likeness (QED) is 0.625. The Morgan fingerprint density at radius 2 is 1.86 bits per heavy atom. The van der Waals surface area contributed by atoms with Gasteiger partial charge in [-0.05, 0) is 31.1 Å². The minimum atomic E-state index is -0.00910. The molecule has 2 amide bonds. The van der Waals surface area contributed by atoms with Crippen molar-refractivity contribution in [3.63, 3.8) is 0 Å². The molecule has 0 aromatic rings. The first-order valence-electron chi connectivity index (χ1n) is 5.30. The zero-order chi connectivity index (χ0) is 9.71. The van der Waals surface area contributed by atoms with Crippen LogP contribution in [0.5, 0.6) is 0 Å². The van der Waals surface area contributed by atoms with E-state index >= 15 is 0 Å². The van der Waals surface area contributed by atoms with Gasteiger partial charge in [0.2, 0.25) is 11.8 Å². The molecule has 1 aliphatic heterocycles. The summed E-state index contributed by atoms with van der Waals surface area (Å²) < 4.78 is 0. The van der Waals surface area contributed by atoms with Crippen LogP contribution in [0.25, 0.3) is 0 Å². The molecule has 1 heterocycles. The van der Waals surface area contributed by atoms with Crippen molar-refractivity contribution in [1.82, 2.24) is 10.2 Å². The van der Waals surface area contributed by atoms with Crippen molar-refractivity contribution in [1.29, 1.82) is 0 Å². The Bertz CT molecular complexity index is 292. The summed E-state index contributed by atoms with van der Waals surface area (Å²) in [7, 11) is 0. The number of carbonyl (C=O) groups is 2. The summed E-state index contributed by atoms with van der Waals surface area (Å²) in [5.41, 5.74) is 0. The maximum Gasteiger partial charge on any atom is 0.242 e. The van der Waals surface area contributed by atoms with Gasteiger partial charge in [-0.25, -0.2) is 0 Å². The Labute approximate surface area is 82.6 Å². The summed E-state index contributed by atoms with van der Waals surface area (Å²) in [4.78, 5) is 24.5. The van der Waals surface area contributed by atoms with E-state index in [0.717, 1.165) is 24.7 Å². The number of amides is 2. The summed E-state index contributed by atoms with van der Waals surface area (Å²) >= 11 is 0. The van der Waals surface area contributed by atoms with Gasteiger partial charge in [0.05, 0.1) is 13.1 Å². The minimum Gasteiger partial charge on any atom is -0.345 e. The third-order valence-corrected chi connectivity index (χ3v) is 3.73. The number of hydrogen-bond donors (Lipinski definition) is 1. The smallest absolute Gasteiger partial charge is 0.242 e. The summed E-state index contributed by atoms with van der Waals surface area (Å²) in [6, 6.07) is 0.359. The zero-order valence-corrected chi connectivity index (χ0v) is 8.03. The standard InChI is InChI=1S/C10H14N2O2/c13-9-5-12(10(14)4-11-9)8-2-6-1-7(6)3-8/h6-8H,1-5H2,(H,11,13). The predicted octanol–water partition coefficient (Wildman–Crippen LogP) is -0.257. The van der Waals surface area contributed by atoms with Crippen LogP contribution in [0.4, 0.5) is 0 Å². The Hall–Kier alpha value is -1.06. The van der Waals surface area contributed by atoms with Crippen molar-refractivity contribution < 1.29 is 9.59 Å². The second-order valence-electron chi connectivity index (χ2n) is 4.68.